The van der Waals surface area contributed by atoms with E-state index in [4.69, 9.17) is 10.5 Å². The van der Waals surface area contributed by atoms with Gasteiger partial charge in [0.15, 0.2) is 5.82 Å². The van der Waals surface area contributed by atoms with Crippen molar-refractivity contribution in [3.8, 4) is 0 Å². The van der Waals surface area contributed by atoms with Crippen LogP contribution in [0.15, 0.2) is 0 Å². The molecule has 2 heterocycles. The Morgan fingerprint density at radius 2 is 2.22 bits per heavy atom. The second-order valence-corrected chi connectivity index (χ2v) is 5.21. The van der Waals surface area contributed by atoms with Gasteiger partial charge in [0, 0.05) is 19.1 Å². The predicted octanol–water partition coefficient (Wildman–Crippen LogP) is 1.97. The molecule has 1 aliphatic heterocycles. The van der Waals surface area contributed by atoms with Crippen molar-refractivity contribution in [2.75, 3.05) is 30.3 Å². The van der Waals surface area contributed by atoms with Crippen molar-refractivity contribution < 1.29 is 4.74 Å². The van der Waals surface area contributed by atoms with Crippen molar-refractivity contribution >= 4 is 11.5 Å². The highest BCUT2D eigenvalue weighted by Crippen LogP contribution is 2.30. The van der Waals surface area contributed by atoms with E-state index in [1.54, 1.807) is 0 Å². The molecule has 1 atom stereocenters. The lowest BCUT2D eigenvalue weighted by molar-refractivity contribution is 0.0378. The molecule has 0 amide bonds. The molecule has 1 fully saturated rings. The van der Waals surface area contributed by atoms with Crippen LogP contribution in [0.5, 0.6) is 0 Å². The molecule has 5 nitrogen and oxygen atoms in total. The fraction of sp³-hybridized carbons (Fsp3) is 0.769. The Kier molecular flexibility index (Phi) is 3.80. The summed E-state index contributed by atoms with van der Waals surface area (Å²) < 4.78 is 7.74. The zero-order valence-corrected chi connectivity index (χ0v) is 11.8. The first-order valence-corrected chi connectivity index (χ1v) is 6.75. The molecule has 1 unspecified atom stereocenters. The zero-order chi connectivity index (χ0) is 13.3. The summed E-state index contributed by atoms with van der Waals surface area (Å²) in [6.45, 7) is 10.9. The third-order valence-corrected chi connectivity index (χ3v) is 3.49. The molecule has 1 aromatic heterocycles. The fourth-order valence-corrected chi connectivity index (χ4v) is 2.38. The van der Waals surface area contributed by atoms with Crippen LogP contribution in [-0.4, -0.2) is 35.6 Å². The molecular weight excluding hydrogens is 228 g/mol. The van der Waals surface area contributed by atoms with Gasteiger partial charge >= 0.3 is 0 Å². The number of rotatable bonds is 3. The molecule has 0 saturated carbocycles. The molecule has 0 aromatic carbocycles. The third kappa shape index (κ3) is 2.32. The summed E-state index contributed by atoms with van der Waals surface area (Å²) in [5, 5.41) is 4.54. The molecule has 0 spiro atoms. The molecule has 0 bridgehead atoms. The Bertz CT molecular complexity index is 413. The van der Waals surface area contributed by atoms with Gasteiger partial charge in [-0.3, -0.25) is 0 Å². The van der Waals surface area contributed by atoms with Gasteiger partial charge in [0.05, 0.1) is 24.1 Å². The predicted molar refractivity (Wildman–Crippen MR) is 74.0 cm³/mol. The Morgan fingerprint density at radius 1 is 1.50 bits per heavy atom. The number of morpholine rings is 1. The summed E-state index contributed by atoms with van der Waals surface area (Å²) in [6.07, 6.45) is 1.33. The highest BCUT2D eigenvalue weighted by Gasteiger charge is 2.25. The number of nitrogens with zero attached hydrogens (tertiary/aromatic N) is 3. The van der Waals surface area contributed by atoms with Gasteiger partial charge in [-0.15, -0.1) is 0 Å². The Balaban J connectivity index is 2.31. The molecule has 2 N–H and O–H groups in total. The van der Waals surface area contributed by atoms with E-state index < -0.39 is 0 Å². The number of hydrogen-bond acceptors (Lipinski definition) is 4. The van der Waals surface area contributed by atoms with Gasteiger partial charge < -0.3 is 15.4 Å². The molecule has 1 aromatic rings. The van der Waals surface area contributed by atoms with Crippen LogP contribution in [0.25, 0.3) is 0 Å². The van der Waals surface area contributed by atoms with Crippen molar-refractivity contribution in [3.63, 3.8) is 0 Å². The van der Waals surface area contributed by atoms with Gasteiger partial charge in [0.2, 0.25) is 0 Å². The summed E-state index contributed by atoms with van der Waals surface area (Å²) in [5.74, 6) is 1.06. The summed E-state index contributed by atoms with van der Waals surface area (Å²) >= 11 is 0. The number of nitrogen functional groups attached to an aromatic ring is 1. The first-order valence-electron chi connectivity index (χ1n) is 6.75. The number of aromatic nitrogens is 2. The van der Waals surface area contributed by atoms with E-state index in [0.717, 1.165) is 43.3 Å². The van der Waals surface area contributed by atoms with Gasteiger partial charge in [-0.25, -0.2) is 4.68 Å². The summed E-state index contributed by atoms with van der Waals surface area (Å²) in [5.41, 5.74) is 7.91. The minimum atomic E-state index is 0.300. The van der Waals surface area contributed by atoms with E-state index in [-0.39, 0.29) is 0 Å². The molecule has 1 aliphatic rings. The van der Waals surface area contributed by atoms with E-state index in [0.29, 0.717) is 12.1 Å². The topological polar surface area (TPSA) is 56.3 Å². The van der Waals surface area contributed by atoms with Crippen LogP contribution in [0.2, 0.25) is 0 Å². The van der Waals surface area contributed by atoms with E-state index in [9.17, 15) is 0 Å². The van der Waals surface area contributed by atoms with Crippen LogP contribution in [0, 0.1) is 6.92 Å². The van der Waals surface area contributed by atoms with Crippen LogP contribution < -0.4 is 10.6 Å². The first-order chi connectivity index (χ1) is 8.54. The first kappa shape index (κ1) is 13.2. The van der Waals surface area contributed by atoms with E-state index in [1.807, 2.05) is 11.6 Å². The molecule has 0 radical (unpaired) electrons. The largest absolute Gasteiger partial charge is 0.394 e. The zero-order valence-electron chi connectivity index (χ0n) is 11.8. The Hall–Kier alpha value is -1.23. The lowest BCUT2D eigenvalue weighted by atomic mass is 10.2. The van der Waals surface area contributed by atoms with E-state index in [2.05, 4.69) is 30.8 Å². The number of ether oxygens (including phenoxy) is 1. The van der Waals surface area contributed by atoms with Crippen molar-refractivity contribution in [1.29, 1.82) is 0 Å². The lowest BCUT2D eigenvalue weighted by Crippen LogP contribution is -2.43. The minimum absolute atomic E-state index is 0.300. The van der Waals surface area contributed by atoms with E-state index >= 15 is 0 Å². The van der Waals surface area contributed by atoms with Crippen LogP contribution in [-0.2, 0) is 4.74 Å². The molecular formula is C13H24N4O. The summed E-state index contributed by atoms with van der Waals surface area (Å²) in [6, 6.07) is 0.318. The SMILES string of the molecule is CCC1CN(c2c(N)c(C)nn2C(C)C)CCO1. The maximum Gasteiger partial charge on any atom is 0.151 e. The second-order valence-electron chi connectivity index (χ2n) is 5.21. The number of hydrogen-bond donors (Lipinski definition) is 1. The summed E-state index contributed by atoms with van der Waals surface area (Å²) in [4.78, 5) is 2.31. The van der Waals surface area contributed by atoms with Crippen molar-refractivity contribution in [2.45, 2.75) is 46.3 Å². The van der Waals surface area contributed by atoms with Crippen LogP contribution in [0.4, 0.5) is 11.5 Å². The van der Waals surface area contributed by atoms with Gasteiger partial charge in [-0.05, 0) is 27.2 Å². The highest BCUT2D eigenvalue weighted by molar-refractivity contribution is 5.66. The monoisotopic (exact) mass is 252 g/mol. The number of anilines is 2. The number of nitrogens with two attached hydrogens (primary N) is 1. The quantitative estimate of drug-likeness (QED) is 0.893. The van der Waals surface area contributed by atoms with Crippen LogP contribution >= 0.6 is 0 Å². The minimum Gasteiger partial charge on any atom is -0.394 e. The second kappa shape index (κ2) is 5.18. The van der Waals surface area contributed by atoms with Gasteiger partial charge in [0.25, 0.3) is 0 Å². The molecule has 0 aliphatic carbocycles. The Labute approximate surface area is 109 Å². The van der Waals surface area contributed by atoms with Gasteiger partial charge in [-0.2, -0.15) is 5.10 Å². The van der Waals surface area contributed by atoms with E-state index in [1.165, 1.54) is 0 Å². The molecule has 5 heteroatoms. The van der Waals surface area contributed by atoms with Crippen molar-refractivity contribution in [1.82, 2.24) is 9.78 Å². The molecule has 18 heavy (non-hydrogen) atoms. The molecule has 102 valence electrons. The van der Waals surface area contributed by atoms with Crippen molar-refractivity contribution in [3.05, 3.63) is 5.69 Å². The van der Waals surface area contributed by atoms with Gasteiger partial charge in [-0.1, -0.05) is 6.92 Å². The van der Waals surface area contributed by atoms with Crippen molar-refractivity contribution in [2.24, 2.45) is 0 Å². The Morgan fingerprint density at radius 3 is 2.83 bits per heavy atom. The van der Waals surface area contributed by atoms with Crippen LogP contribution in [0.3, 0.4) is 0 Å². The van der Waals surface area contributed by atoms with Crippen LogP contribution in [0.1, 0.15) is 38.9 Å². The standard InChI is InChI=1S/C13H24N4O/c1-5-11-8-16(6-7-18-11)13-12(14)10(4)15-17(13)9(2)3/h9,11H,5-8,14H2,1-4H3. The molecule has 2 rings (SSSR count). The maximum absolute atomic E-state index is 6.19. The van der Waals surface area contributed by atoms with Gasteiger partial charge in [0.1, 0.15) is 0 Å². The summed E-state index contributed by atoms with van der Waals surface area (Å²) in [7, 11) is 0. The molecule has 1 saturated heterocycles. The lowest BCUT2D eigenvalue weighted by Gasteiger charge is -2.34. The average Bonchev–Trinajstić information content (AvgIpc) is 2.66. The average molecular weight is 252 g/mol. The smallest absolute Gasteiger partial charge is 0.151 e. The fourth-order valence-electron chi connectivity index (χ4n) is 2.38. The highest BCUT2D eigenvalue weighted by atomic mass is 16.5. The normalized spacial score (nSPS) is 20.7. The number of aryl methyl sites for hydroxylation is 1. The maximum atomic E-state index is 6.19. The third-order valence-electron chi connectivity index (χ3n) is 3.49.